The molecule has 0 bridgehead atoms. The largest absolute Gasteiger partial charge is 0.336 e. The van der Waals surface area contributed by atoms with Crippen molar-refractivity contribution in [1.82, 2.24) is 14.7 Å². The number of amides is 1. The monoisotopic (exact) mass is 371 g/mol. The Morgan fingerprint density at radius 2 is 1.96 bits per heavy atom. The topological polar surface area (TPSA) is 55.2 Å². The number of carbonyl (C=O) groups is 1. The van der Waals surface area contributed by atoms with Crippen LogP contribution in [0.4, 0.5) is 0 Å². The summed E-state index contributed by atoms with van der Waals surface area (Å²) in [5.74, 6) is 0.0437. The van der Waals surface area contributed by atoms with E-state index in [4.69, 9.17) is 0 Å². The summed E-state index contributed by atoms with van der Waals surface area (Å²) in [4.78, 5) is 28.6. The lowest BCUT2D eigenvalue weighted by atomic mass is 10.1. The molecule has 4 heterocycles. The van der Waals surface area contributed by atoms with Gasteiger partial charge < -0.3 is 4.90 Å². The van der Waals surface area contributed by atoms with Crippen molar-refractivity contribution in [3.8, 4) is 10.6 Å². The first-order valence-electron chi connectivity index (χ1n) is 8.19. The summed E-state index contributed by atoms with van der Waals surface area (Å²) < 4.78 is 1.56. The van der Waals surface area contributed by atoms with Crippen LogP contribution in [0.15, 0.2) is 52.0 Å². The third kappa shape index (κ3) is 3.29. The number of piperidine rings is 1. The molecule has 0 aromatic carbocycles. The van der Waals surface area contributed by atoms with Gasteiger partial charge in [-0.25, -0.2) is 4.68 Å². The molecule has 3 aromatic heterocycles. The van der Waals surface area contributed by atoms with Gasteiger partial charge in [-0.2, -0.15) is 5.10 Å². The van der Waals surface area contributed by atoms with E-state index in [-0.39, 0.29) is 17.5 Å². The number of rotatable bonds is 3. The normalized spacial score (nSPS) is 17.6. The van der Waals surface area contributed by atoms with Gasteiger partial charge in [0.15, 0.2) is 0 Å². The highest BCUT2D eigenvalue weighted by Gasteiger charge is 2.27. The molecular weight excluding hydrogens is 354 g/mol. The van der Waals surface area contributed by atoms with Gasteiger partial charge in [0.05, 0.1) is 15.8 Å². The van der Waals surface area contributed by atoms with E-state index < -0.39 is 0 Å². The summed E-state index contributed by atoms with van der Waals surface area (Å²) >= 11 is 3.05. The van der Waals surface area contributed by atoms with Crippen LogP contribution in [0, 0.1) is 0 Å². The zero-order valence-electron chi connectivity index (χ0n) is 13.5. The summed E-state index contributed by atoms with van der Waals surface area (Å²) in [6.45, 7) is 1.25. The zero-order chi connectivity index (χ0) is 17.2. The van der Waals surface area contributed by atoms with Crippen molar-refractivity contribution in [1.29, 1.82) is 0 Å². The summed E-state index contributed by atoms with van der Waals surface area (Å²) in [6, 6.07) is 11.0. The molecule has 4 rings (SSSR count). The van der Waals surface area contributed by atoms with E-state index in [0.29, 0.717) is 6.54 Å². The molecule has 3 aromatic rings. The molecule has 1 aliphatic rings. The van der Waals surface area contributed by atoms with Crippen molar-refractivity contribution in [3.63, 3.8) is 0 Å². The molecule has 128 valence electrons. The van der Waals surface area contributed by atoms with E-state index in [2.05, 4.69) is 5.10 Å². The third-order valence-corrected chi connectivity index (χ3v) is 6.11. The molecule has 25 heavy (non-hydrogen) atoms. The number of hydrogen-bond acceptors (Lipinski definition) is 5. The van der Waals surface area contributed by atoms with E-state index in [1.807, 2.05) is 39.9 Å². The molecule has 0 aliphatic carbocycles. The Hall–Kier alpha value is -2.25. The molecular formula is C18H17N3O2S2. The van der Waals surface area contributed by atoms with Crippen LogP contribution in [0.1, 0.15) is 28.6 Å². The van der Waals surface area contributed by atoms with Gasteiger partial charge in [-0.1, -0.05) is 12.1 Å². The van der Waals surface area contributed by atoms with Crippen LogP contribution in [0.3, 0.4) is 0 Å². The zero-order valence-corrected chi connectivity index (χ0v) is 15.1. The van der Waals surface area contributed by atoms with E-state index in [1.54, 1.807) is 28.2 Å². The van der Waals surface area contributed by atoms with E-state index in [1.165, 1.54) is 11.3 Å². The van der Waals surface area contributed by atoms with Crippen molar-refractivity contribution in [2.45, 2.75) is 18.9 Å². The minimum atomic E-state index is -0.115. The summed E-state index contributed by atoms with van der Waals surface area (Å²) in [5.41, 5.74) is 0.687. The maximum Gasteiger partial charge on any atom is 0.267 e. The number of likely N-dealkylation sites (tertiary alicyclic amines) is 1. The minimum absolute atomic E-state index is 0.0437. The maximum absolute atomic E-state index is 12.6. The van der Waals surface area contributed by atoms with Crippen molar-refractivity contribution < 1.29 is 4.79 Å². The Morgan fingerprint density at radius 3 is 2.72 bits per heavy atom. The highest BCUT2D eigenvalue weighted by atomic mass is 32.1. The van der Waals surface area contributed by atoms with Gasteiger partial charge in [0.25, 0.3) is 11.5 Å². The second kappa shape index (κ2) is 6.93. The van der Waals surface area contributed by atoms with E-state index >= 15 is 0 Å². The predicted octanol–water partition coefficient (Wildman–Crippen LogP) is 3.51. The van der Waals surface area contributed by atoms with Gasteiger partial charge in [0.1, 0.15) is 5.69 Å². The first-order valence-corrected chi connectivity index (χ1v) is 9.95. The predicted molar refractivity (Wildman–Crippen MR) is 100 cm³/mol. The minimum Gasteiger partial charge on any atom is -0.336 e. The molecule has 1 aliphatic heterocycles. The van der Waals surface area contributed by atoms with E-state index in [0.717, 1.165) is 34.8 Å². The molecule has 1 atom stereocenters. The number of carbonyl (C=O) groups excluding carboxylic acids is 1. The molecule has 1 saturated heterocycles. The average molecular weight is 371 g/mol. The lowest BCUT2D eigenvalue weighted by Crippen LogP contribution is -2.43. The Morgan fingerprint density at radius 1 is 1.12 bits per heavy atom. The highest BCUT2D eigenvalue weighted by Crippen LogP contribution is 2.25. The standard InChI is InChI=1S/C18H17N3O2S2/c22-17-8-7-14(15-5-2-10-24-15)19-21(17)13-4-1-9-20(12-13)18(23)16-6-3-11-25-16/h2-3,5-8,10-11,13H,1,4,9,12H2/t13-/m0/s1. The molecule has 0 radical (unpaired) electrons. The fourth-order valence-electron chi connectivity index (χ4n) is 3.14. The summed E-state index contributed by atoms with van der Waals surface area (Å²) in [7, 11) is 0. The SMILES string of the molecule is O=C(c1cccs1)N1CCC[C@H](n2nc(-c3cccs3)ccc2=O)C1. The summed E-state index contributed by atoms with van der Waals surface area (Å²) in [5, 5.41) is 8.48. The van der Waals surface area contributed by atoms with Crippen LogP contribution in [0.25, 0.3) is 10.6 Å². The molecule has 7 heteroatoms. The molecule has 5 nitrogen and oxygen atoms in total. The van der Waals surface area contributed by atoms with Gasteiger partial charge in [-0.05, 0) is 41.8 Å². The Kier molecular flexibility index (Phi) is 4.50. The fraction of sp³-hybridized carbons (Fsp3) is 0.278. The van der Waals surface area contributed by atoms with Crippen molar-refractivity contribution in [2.75, 3.05) is 13.1 Å². The molecule has 0 N–H and O–H groups in total. The van der Waals surface area contributed by atoms with Crippen molar-refractivity contribution in [2.24, 2.45) is 0 Å². The fourth-order valence-corrected chi connectivity index (χ4v) is 4.52. The van der Waals surface area contributed by atoms with Crippen LogP contribution in [0.2, 0.25) is 0 Å². The van der Waals surface area contributed by atoms with Crippen LogP contribution in [0.5, 0.6) is 0 Å². The maximum atomic E-state index is 12.6. The quantitative estimate of drug-likeness (QED) is 0.708. The average Bonchev–Trinajstić information content (AvgIpc) is 3.35. The second-order valence-corrected chi connectivity index (χ2v) is 7.90. The number of hydrogen-bond donors (Lipinski definition) is 0. The Bertz CT molecular complexity index is 916. The third-order valence-electron chi connectivity index (χ3n) is 4.36. The smallest absolute Gasteiger partial charge is 0.267 e. The van der Waals surface area contributed by atoms with Crippen molar-refractivity contribution >= 4 is 28.6 Å². The first kappa shape index (κ1) is 16.2. The lowest BCUT2D eigenvalue weighted by molar-refractivity contribution is 0.0675. The summed E-state index contributed by atoms with van der Waals surface area (Å²) in [6.07, 6.45) is 1.73. The Balaban J connectivity index is 1.60. The van der Waals surface area contributed by atoms with Gasteiger partial charge in [0, 0.05) is 19.2 Å². The number of thiophene rings is 2. The van der Waals surface area contributed by atoms with Crippen LogP contribution >= 0.6 is 22.7 Å². The van der Waals surface area contributed by atoms with Crippen LogP contribution in [-0.4, -0.2) is 33.7 Å². The van der Waals surface area contributed by atoms with Gasteiger partial charge in [0.2, 0.25) is 0 Å². The van der Waals surface area contributed by atoms with Crippen molar-refractivity contribution in [3.05, 3.63) is 62.4 Å². The molecule has 1 amide bonds. The van der Waals surface area contributed by atoms with Gasteiger partial charge in [-0.15, -0.1) is 22.7 Å². The molecule has 0 unspecified atom stereocenters. The molecule has 0 saturated carbocycles. The lowest BCUT2D eigenvalue weighted by Gasteiger charge is -2.32. The second-order valence-electron chi connectivity index (χ2n) is 6.00. The highest BCUT2D eigenvalue weighted by molar-refractivity contribution is 7.13. The molecule has 1 fully saturated rings. The van der Waals surface area contributed by atoms with Gasteiger partial charge >= 0.3 is 0 Å². The van der Waals surface area contributed by atoms with E-state index in [9.17, 15) is 9.59 Å². The number of nitrogens with zero attached hydrogens (tertiary/aromatic N) is 3. The van der Waals surface area contributed by atoms with Crippen LogP contribution in [-0.2, 0) is 0 Å². The molecule has 0 spiro atoms. The number of aromatic nitrogens is 2. The first-order chi connectivity index (χ1) is 12.2. The Labute approximate surface area is 153 Å². The van der Waals surface area contributed by atoms with Crippen LogP contribution < -0.4 is 5.56 Å². The van der Waals surface area contributed by atoms with Gasteiger partial charge in [-0.3, -0.25) is 9.59 Å².